The normalized spacial score (nSPS) is 19.9. The molecule has 0 radical (unpaired) electrons. The molecule has 0 spiro atoms. The standard InChI is InChI=1S/C11H22N2O2/c1-9(14)5-8-13(2)11(15)10-3-6-12-7-4-10/h9-10,12,14H,3-8H2,1-2H3. The Hall–Kier alpha value is -0.610. The molecule has 0 aliphatic carbocycles. The summed E-state index contributed by atoms with van der Waals surface area (Å²) >= 11 is 0. The maximum atomic E-state index is 11.9. The van der Waals surface area contributed by atoms with Crippen LogP contribution in [0, 0.1) is 5.92 Å². The smallest absolute Gasteiger partial charge is 0.225 e. The van der Waals surface area contributed by atoms with Crippen LogP contribution in [-0.4, -0.2) is 48.7 Å². The number of rotatable bonds is 4. The van der Waals surface area contributed by atoms with E-state index in [1.807, 2.05) is 7.05 Å². The first kappa shape index (κ1) is 12.5. The third-order valence-electron chi connectivity index (χ3n) is 2.95. The SMILES string of the molecule is CC(O)CCN(C)C(=O)C1CCNCC1. The molecule has 1 atom stereocenters. The Morgan fingerprint density at radius 1 is 1.53 bits per heavy atom. The van der Waals surface area contributed by atoms with E-state index in [0.29, 0.717) is 13.0 Å². The summed E-state index contributed by atoms with van der Waals surface area (Å²) in [5, 5.41) is 12.4. The highest BCUT2D eigenvalue weighted by Crippen LogP contribution is 2.14. The Kier molecular flexibility index (Phi) is 5.05. The molecule has 1 rings (SSSR count). The predicted molar refractivity (Wildman–Crippen MR) is 59.5 cm³/mol. The van der Waals surface area contributed by atoms with E-state index in [4.69, 9.17) is 5.11 Å². The summed E-state index contributed by atoms with van der Waals surface area (Å²) in [5.74, 6) is 0.419. The Balaban J connectivity index is 2.30. The fraction of sp³-hybridized carbons (Fsp3) is 0.909. The lowest BCUT2D eigenvalue weighted by Gasteiger charge is -2.27. The van der Waals surface area contributed by atoms with Crippen LogP contribution >= 0.6 is 0 Å². The van der Waals surface area contributed by atoms with Gasteiger partial charge in [-0.15, -0.1) is 0 Å². The van der Waals surface area contributed by atoms with Gasteiger partial charge in [0.05, 0.1) is 6.10 Å². The van der Waals surface area contributed by atoms with Crippen molar-refractivity contribution in [3.05, 3.63) is 0 Å². The molecule has 1 heterocycles. The average molecular weight is 214 g/mol. The van der Waals surface area contributed by atoms with Gasteiger partial charge in [0.15, 0.2) is 0 Å². The van der Waals surface area contributed by atoms with E-state index in [2.05, 4.69) is 5.32 Å². The van der Waals surface area contributed by atoms with Crippen LogP contribution in [0.2, 0.25) is 0 Å². The molecule has 4 heteroatoms. The van der Waals surface area contributed by atoms with Crippen LogP contribution in [0.25, 0.3) is 0 Å². The topological polar surface area (TPSA) is 52.6 Å². The molecule has 2 N–H and O–H groups in total. The molecule has 4 nitrogen and oxygen atoms in total. The first-order valence-corrected chi connectivity index (χ1v) is 5.75. The predicted octanol–water partition coefficient (Wildman–Crippen LogP) is 0.215. The molecule has 0 aromatic rings. The van der Waals surface area contributed by atoms with E-state index >= 15 is 0 Å². The lowest BCUT2D eigenvalue weighted by molar-refractivity contribution is -0.135. The Morgan fingerprint density at radius 3 is 2.67 bits per heavy atom. The molecule has 1 unspecified atom stereocenters. The number of amides is 1. The average Bonchev–Trinajstić information content (AvgIpc) is 2.26. The highest BCUT2D eigenvalue weighted by Gasteiger charge is 2.23. The van der Waals surface area contributed by atoms with Crippen molar-refractivity contribution in [2.24, 2.45) is 5.92 Å². The minimum Gasteiger partial charge on any atom is -0.393 e. The molecule has 0 bridgehead atoms. The molecule has 1 fully saturated rings. The fourth-order valence-corrected chi connectivity index (χ4v) is 1.87. The zero-order valence-electron chi connectivity index (χ0n) is 9.70. The number of piperidine rings is 1. The lowest BCUT2D eigenvalue weighted by Crippen LogP contribution is -2.40. The largest absolute Gasteiger partial charge is 0.393 e. The van der Waals surface area contributed by atoms with Gasteiger partial charge in [0.2, 0.25) is 5.91 Å². The number of carbonyl (C=O) groups excluding carboxylic acids is 1. The van der Waals surface area contributed by atoms with Gasteiger partial charge in [-0.05, 0) is 39.3 Å². The van der Waals surface area contributed by atoms with Crippen LogP contribution < -0.4 is 5.32 Å². The summed E-state index contributed by atoms with van der Waals surface area (Å²) < 4.78 is 0. The van der Waals surface area contributed by atoms with Gasteiger partial charge in [0, 0.05) is 19.5 Å². The Labute approximate surface area is 91.6 Å². The van der Waals surface area contributed by atoms with Crippen LogP contribution in [0.1, 0.15) is 26.2 Å². The van der Waals surface area contributed by atoms with E-state index < -0.39 is 0 Å². The monoisotopic (exact) mass is 214 g/mol. The summed E-state index contributed by atoms with van der Waals surface area (Å²) in [4.78, 5) is 13.7. The number of nitrogens with one attached hydrogen (secondary N) is 1. The number of nitrogens with zero attached hydrogens (tertiary/aromatic N) is 1. The summed E-state index contributed by atoms with van der Waals surface area (Å²) in [5.41, 5.74) is 0. The first-order chi connectivity index (χ1) is 7.11. The van der Waals surface area contributed by atoms with Gasteiger partial charge in [0.1, 0.15) is 0 Å². The molecule has 1 aliphatic rings. The van der Waals surface area contributed by atoms with Gasteiger partial charge in [0.25, 0.3) is 0 Å². The summed E-state index contributed by atoms with van der Waals surface area (Å²) in [7, 11) is 1.83. The number of aliphatic hydroxyl groups is 1. The molecule has 0 aromatic heterocycles. The van der Waals surface area contributed by atoms with Crippen LogP contribution in [0.3, 0.4) is 0 Å². The van der Waals surface area contributed by atoms with Crippen molar-refractivity contribution in [1.82, 2.24) is 10.2 Å². The fourth-order valence-electron chi connectivity index (χ4n) is 1.87. The second-order valence-corrected chi connectivity index (χ2v) is 4.42. The molecule has 1 amide bonds. The van der Waals surface area contributed by atoms with Crippen LogP contribution in [0.5, 0.6) is 0 Å². The second kappa shape index (κ2) is 6.08. The number of hydrogen-bond acceptors (Lipinski definition) is 3. The van der Waals surface area contributed by atoms with Gasteiger partial charge >= 0.3 is 0 Å². The summed E-state index contributed by atoms with van der Waals surface area (Å²) in [6.07, 6.45) is 2.22. The van der Waals surface area contributed by atoms with Crippen LogP contribution in [0.4, 0.5) is 0 Å². The molecule has 1 aliphatic heterocycles. The van der Waals surface area contributed by atoms with Crippen molar-refractivity contribution in [2.75, 3.05) is 26.7 Å². The molecule has 0 aromatic carbocycles. The van der Waals surface area contributed by atoms with Crippen molar-refractivity contribution in [3.63, 3.8) is 0 Å². The third kappa shape index (κ3) is 4.18. The van der Waals surface area contributed by atoms with Gasteiger partial charge < -0.3 is 15.3 Å². The molecular formula is C11H22N2O2. The minimum atomic E-state index is -0.326. The number of aliphatic hydroxyl groups excluding tert-OH is 1. The zero-order chi connectivity index (χ0) is 11.3. The molecular weight excluding hydrogens is 192 g/mol. The molecule has 15 heavy (non-hydrogen) atoms. The van der Waals surface area contributed by atoms with Crippen molar-refractivity contribution in [2.45, 2.75) is 32.3 Å². The highest BCUT2D eigenvalue weighted by atomic mass is 16.3. The van der Waals surface area contributed by atoms with Crippen LogP contribution in [0.15, 0.2) is 0 Å². The number of hydrogen-bond donors (Lipinski definition) is 2. The van der Waals surface area contributed by atoms with Gasteiger partial charge in [-0.1, -0.05) is 0 Å². The number of carbonyl (C=O) groups is 1. The zero-order valence-corrected chi connectivity index (χ0v) is 9.70. The Morgan fingerprint density at radius 2 is 2.13 bits per heavy atom. The summed E-state index contributed by atoms with van der Waals surface area (Å²) in [6.45, 7) is 4.30. The van der Waals surface area contributed by atoms with E-state index in [1.165, 1.54) is 0 Å². The van der Waals surface area contributed by atoms with Gasteiger partial charge in [-0.2, -0.15) is 0 Å². The second-order valence-electron chi connectivity index (χ2n) is 4.42. The van der Waals surface area contributed by atoms with Crippen molar-refractivity contribution >= 4 is 5.91 Å². The minimum absolute atomic E-state index is 0.185. The van der Waals surface area contributed by atoms with Crippen LogP contribution in [-0.2, 0) is 4.79 Å². The molecule has 88 valence electrons. The van der Waals surface area contributed by atoms with E-state index in [0.717, 1.165) is 25.9 Å². The summed E-state index contributed by atoms with van der Waals surface area (Å²) in [6, 6.07) is 0. The maximum Gasteiger partial charge on any atom is 0.225 e. The van der Waals surface area contributed by atoms with Crippen molar-refractivity contribution in [3.8, 4) is 0 Å². The Bertz CT molecular complexity index is 201. The van der Waals surface area contributed by atoms with Crippen molar-refractivity contribution < 1.29 is 9.90 Å². The first-order valence-electron chi connectivity index (χ1n) is 5.75. The van der Waals surface area contributed by atoms with Crippen molar-refractivity contribution in [1.29, 1.82) is 0 Å². The molecule has 1 saturated heterocycles. The maximum absolute atomic E-state index is 11.9. The lowest BCUT2D eigenvalue weighted by atomic mass is 9.96. The van der Waals surface area contributed by atoms with Gasteiger partial charge in [-0.25, -0.2) is 0 Å². The quantitative estimate of drug-likeness (QED) is 0.703. The van der Waals surface area contributed by atoms with E-state index in [-0.39, 0.29) is 17.9 Å². The highest BCUT2D eigenvalue weighted by molar-refractivity contribution is 5.78. The molecule has 0 saturated carbocycles. The third-order valence-corrected chi connectivity index (χ3v) is 2.95. The van der Waals surface area contributed by atoms with Gasteiger partial charge in [-0.3, -0.25) is 4.79 Å². The van der Waals surface area contributed by atoms with E-state index in [9.17, 15) is 4.79 Å². The van der Waals surface area contributed by atoms with E-state index in [1.54, 1.807) is 11.8 Å².